The van der Waals surface area contributed by atoms with Gasteiger partial charge in [0.15, 0.2) is 0 Å². The molecule has 6 rings (SSSR count). The van der Waals surface area contributed by atoms with Gasteiger partial charge in [-0.2, -0.15) is 18.3 Å². The van der Waals surface area contributed by atoms with Crippen molar-refractivity contribution in [2.24, 2.45) is 7.05 Å². The van der Waals surface area contributed by atoms with E-state index >= 15 is 0 Å². The predicted molar refractivity (Wildman–Crippen MR) is 161 cm³/mol. The predicted octanol–water partition coefficient (Wildman–Crippen LogP) is 6.13. The lowest BCUT2D eigenvalue weighted by atomic mass is 9.97. The van der Waals surface area contributed by atoms with Crippen LogP contribution in [0.15, 0.2) is 36.7 Å². The lowest BCUT2D eigenvalue weighted by molar-refractivity contribution is -0.137. The van der Waals surface area contributed by atoms with Crippen LogP contribution in [0.5, 0.6) is 5.88 Å². The molecule has 0 bridgehead atoms. The number of anilines is 1. The van der Waals surface area contributed by atoms with Gasteiger partial charge in [-0.05, 0) is 51.5 Å². The lowest BCUT2D eigenvalue weighted by Gasteiger charge is -2.34. The summed E-state index contributed by atoms with van der Waals surface area (Å²) in [5, 5.41) is 4.52. The first-order valence-corrected chi connectivity index (χ1v) is 14.7. The lowest BCUT2D eigenvalue weighted by Crippen LogP contribution is -2.49. The van der Waals surface area contributed by atoms with Crippen LogP contribution < -0.4 is 9.64 Å². The molecule has 10 nitrogen and oxygen atoms in total. The molecule has 1 amide bonds. The standard InChI is InChI=1S/C32H33F4N7O3/c1-16-7-20(9-22(8-16)32(34,35)36)28-19(4)43(31(44)46-28)15-26-25(12-38-30(39-26)42-13-23(33)14-42)24-10-21(11-37-29(24)45-6)27-17(2)40-41(5)18(27)3/h7-12,19,23,28H,13-15H2,1-6H3/t19-,28-/m0/s1. The molecule has 0 unspecified atom stereocenters. The van der Waals surface area contributed by atoms with E-state index in [2.05, 4.69) is 15.1 Å². The van der Waals surface area contributed by atoms with Crippen molar-refractivity contribution < 1.29 is 31.8 Å². The Labute approximate surface area is 263 Å². The van der Waals surface area contributed by atoms with Gasteiger partial charge in [0.05, 0.1) is 49.7 Å². The summed E-state index contributed by atoms with van der Waals surface area (Å²) in [6.45, 7) is 7.35. The van der Waals surface area contributed by atoms with E-state index in [1.165, 1.54) is 12.0 Å². The Morgan fingerprint density at radius 3 is 2.41 bits per heavy atom. The number of nitrogens with zero attached hydrogens (tertiary/aromatic N) is 7. The number of benzene rings is 1. The van der Waals surface area contributed by atoms with Crippen LogP contribution in [0, 0.1) is 20.8 Å². The number of pyridine rings is 1. The number of amides is 1. The molecule has 2 aliphatic rings. The summed E-state index contributed by atoms with van der Waals surface area (Å²) in [7, 11) is 3.35. The summed E-state index contributed by atoms with van der Waals surface area (Å²) < 4.78 is 67.6. The van der Waals surface area contributed by atoms with Gasteiger partial charge in [-0.15, -0.1) is 0 Å². The van der Waals surface area contributed by atoms with Crippen molar-refractivity contribution in [3.05, 3.63) is 70.4 Å². The second-order valence-electron chi connectivity index (χ2n) is 11.8. The number of carbonyl (C=O) groups excluding carboxylic acids is 1. The monoisotopic (exact) mass is 639 g/mol. The fraction of sp³-hybridized carbons (Fsp3) is 0.406. The molecule has 242 valence electrons. The van der Waals surface area contributed by atoms with E-state index in [0.717, 1.165) is 34.6 Å². The molecule has 5 heterocycles. The molecule has 0 aliphatic carbocycles. The normalized spacial score (nSPS) is 18.6. The number of cyclic esters (lactones) is 1. The highest BCUT2D eigenvalue weighted by atomic mass is 19.4. The van der Waals surface area contributed by atoms with Gasteiger partial charge in [0.2, 0.25) is 11.8 Å². The Balaban J connectivity index is 1.41. The first kappa shape index (κ1) is 31.2. The molecule has 2 atom stereocenters. The third-order valence-electron chi connectivity index (χ3n) is 8.57. The smallest absolute Gasteiger partial charge is 0.416 e. The van der Waals surface area contributed by atoms with Crippen molar-refractivity contribution in [1.82, 2.24) is 29.6 Å². The molecule has 14 heteroatoms. The van der Waals surface area contributed by atoms with E-state index in [0.29, 0.717) is 34.2 Å². The molecule has 4 aromatic rings. The van der Waals surface area contributed by atoms with Crippen LogP contribution in [0.25, 0.3) is 22.3 Å². The molecule has 2 fully saturated rings. The number of hydrogen-bond donors (Lipinski definition) is 0. The van der Waals surface area contributed by atoms with Crippen molar-refractivity contribution in [3.8, 4) is 28.1 Å². The number of ether oxygens (including phenoxy) is 2. The fourth-order valence-electron chi connectivity index (χ4n) is 6.09. The number of aromatic nitrogens is 5. The SMILES string of the molecule is COc1ncc(-c2c(C)nn(C)c2C)cc1-c1cnc(N2CC(F)C2)nc1CN1C(=O)O[C@H](c2cc(C)cc(C(F)(F)F)c2)[C@@H]1C. The highest BCUT2D eigenvalue weighted by Gasteiger charge is 2.42. The van der Waals surface area contributed by atoms with Crippen LogP contribution in [0.3, 0.4) is 0 Å². The second kappa shape index (κ2) is 11.6. The van der Waals surface area contributed by atoms with Crippen LogP contribution in [0.1, 0.15) is 46.8 Å². The van der Waals surface area contributed by atoms with Gasteiger partial charge in [-0.3, -0.25) is 9.58 Å². The summed E-state index contributed by atoms with van der Waals surface area (Å²) in [5.74, 6) is 0.586. The third kappa shape index (κ3) is 5.60. The average molecular weight is 640 g/mol. The molecule has 2 saturated heterocycles. The zero-order chi connectivity index (χ0) is 33.1. The Bertz CT molecular complexity index is 1820. The first-order valence-electron chi connectivity index (χ1n) is 14.7. The zero-order valence-electron chi connectivity index (χ0n) is 26.2. The maximum absolute atomic E-state index is 13.8. The number of aryl methyl sites for hydroxylation is 3. The van der Waals surface area contributed by atoms with Crippen LogP contribution in [-0.4, -0.2) is 68.1 Å². The van der Waals surface area contributed by atoms with Crippen molar-refractivity contribution in [1.29, 1.82) is 0 Å². The molecule has 0 spiro atoms. The Kier molecular flexibility index (Phi) is 7.85. The van der Waals surface area contributed by atoms with Gasteiger partial charge in [0.1, 0.15) is 12.3 Å². The van der Waals surface area contributed by atoms with E-state index in [9.17, 15) is 22.4 Å². The molecular weight excluding hydrogens is 606 g/mol. The van der Waals surface area contributed by atoms with Crippen LogP contribution >= 0.6 is 0 Å². The highest BCUT2D eigenvalue weighted by Crippen LogP contribution is 2.40. The second-order valence-corrected chi connectivity index (χ2v) is 11.8. The molecule has 2 aliphatic heterocycles. The van der Waals surface area contributed by atoms with E-state index in [1.807, 2.05) is 27.0 Å². The number of hydrogen-bond acceptors (Lipinski definition) is 8. The summed E-state index contributed by atoms with van der Waals surface area (Å²) in [6.07, 6.45) is -3.91. The summed E-state index contributed by atoms with van der Waals surface area (Å²) >= 11 is 0. The average Bonchev–Trinajstić information content (AvgIpc) is 3.41. The Morgan fingerprint density at radius 2 is 1.78 bits per heavy atom. The largest absolute Gasteiger partial charge is 0.481 e. The van der Waals surface area contributed by atoms with Crippen LogP contribution in [-0.2, 0) is 24.5 Å². The first-order chi connectivity index (χ1) is 21.7. The van der Waals surface area contributed by atoms with Crippen molar-refractivity contribution in [3.63, 3.8) is 0 Å². The minimum absolute atomic E-state index is 0.0650. The third-order valence-corrected chi connectivity index (χ3v) is 8.57. The minimum atomic E-state index is -4.55. The maximum atomic E-state index is 13.8. The highest BCUT2D eigenvalue weighted by molar-refractivity contribution is 5.79. The molecule has 3 aromatic heterocycles. The van der Waals surface area contributed by atoms with Crippen LogP contribution in [0.2, 0.25) is 0 Å². The number of carbonyl (C=O) groups is 1. The Morgan fingerprint density at radius 1 is 1.04 bits per heavy atom. The molecule has 1 aromatic carbocycles. The van der Waals surface area contributed by atoms with E-state index in [-0.39, 0.29) is 25.2 Å². The number of halogens is 4. The van der Waals surface area contributed by atoms with Crippen molar-refractivity contribution >= 4 is 12.0 Å². The van der Waals surface area contributed by atoms with E-state index in [1.54, 1.807) is 41.9 Å². The molecule has 0 radical (unpaired) electrons. The zero-order valence-corrected chi connectivity index (χ0v) is 26.2. The molecular formula is C32H33F4N7O3. The van der Waals surface area contributed by atoms with Gasteiger partial charge < -0.3 is 14.4 Å². The van der Waals surface area contributed by atoms with Gasteiger partial charge in [-0.1, -0.05) is 11.6 Å². The summed E-state index contributed by atoms with van der Waals surface area (Å²) in [6, 6.07) is 4.91. The number of rotatable bonds is 7. The van der Waals surface area contributed by atoms with E-state index < -0.39 is 36.2 Å². The number of methoxy groups -OCH3 is 1. The quantitative estimate of drug-likeness (QED) is 0.223. The van der Waals surface area contributed by atoms with Gasteiger partial charge in [0.25, 0.3) is 0 Å². The van der Waals surface area contributed by atoms with E-state index in [4.69, 9.17) is 14.5 Å². The molecule has 46 heavy (non-hydrogen) atoms. The minimum Gasteiger partial charge on any atom is -0.481 e. The summed E-state index contributed by atoms with van der Waals surface area (Å²) in [4.78, 5) is 30.2. The topological polar surface area (TPSA) is 98.5 Å². The maximum Gasteiger partial charge on any atom is 0.416 e. The fourth-order valence-corrected chi connectivity index (χ4v) is 6.09. The van der Waals surface area contributed by atoms with Gasteiger partial charge in [0, 0.05) is 47.4 Å². The molecule has 0 N–H and O–H groups in total. The van der Waals surface area contributed by atoms with Gasteiger partial charge >= 0.3 is 12.3 Å². The number of alkyl halides is 4. The van der Waals surface area contributed by atoms with Crippen molar-refractivity contribution in [2.75, 3.05) is 25.1 Å². The van der Waals surface area contributed by atoms with Gasteiger partial charge in [-0.25, -0.2) is 24.1 Å². The Hall–Kier alpha value is -4.75. The summed E-state index contributed by atoms with van der Waals surface area (Å²) in [5.41, 5.74) is 4.75. The van der Waals surface area contributed by atoms with Crippen molar-refractivity contribution in [2.45, 2.75) is 58.7 Å². The molecule has 0 saturated carbocycles. The van der Waals surface area contributed by atoms with Crippen LogP contribution in [0.4, 0.5) is 28.3 Å².